The molecule has 1 atom stereocenters. The van der Waals surface area contributed by atoms with Gasteiger partial charge in [-0.1, -0.05) is 72.8 Å². The molecule has 1 heterocycles. The number of hydrogen-bond donors (Lipinski definition) is 1. The van der Waals surface area contributed by atoms with Gasteiger partial charge in [-0.15, -0.1) is 0 Å². The minimum Gasteiger partial charge on any atom is -0.371 e. The summed E-state index contributed by atoms with van der Waals surface area (Å²) < 4.78 is 33.9. The van der Waals surface area contributed by atoms with E-state index in [9.17, 15) is 8.42 Å². The molecule has 0 spiro atoms. The molecular formula is C25H28N2O3S. The van der Waals surface area contributed by atoms with Gasteiger partial charge in [0.25, 0.3) is 0 Å². The largest absolute Gasteiger partial charge is 0.371 e. The molecule has 0 aromatic heterocycles. The Morgan fingerprint density at radius 1 is 0.871 bits per heavy atom. The molecule has 1 aliphatic rings. The second kappa shape index (κ2) is 10.2. The van der Waals surface area contributed by atoms with Crippen LogP contribution in [0.4, 0.5) is 0 Å². The Balaban J connectivity index is 1.26. The smallest absolute Gasteiger partial charge is 0.240 e. The molecular weight excluding hydrogens is 408 g/mol. The fraction of sp³-hybridized carbons (Fsp3) is 0.280. The summed E-state index contributed by atoms with van der Waals surface area (Å²) in [5.41, 5.74) is 3.26. The molecule has 1 fully saturated rings. The summed E-state index contributed by atoms with van der Waals surface area (Å²) in [6, 6.07) is 27.2. The van der Waals surface area contributed by atoms with Gasteiger partial charge in [-0.05, 0) is 41.8 Å². The molecule has 1 N–H and O–H groups in total. The summed E-state index contributed by atoms with van der Waals surface area (Å²) >= 11 is 0. The number of rotatable bonds is 8. The lowest BCUT2D eigenvalue weighted by Gasteiger charge is -2.33. The van der Waals surface area contributed by atoms with Gasteiger partial charge in [0.1, 0.15) is 0 Å². The molecule has 3 aromatic rings. The molecule has 6 heteroatoms. The summed E-state index contributed by atoms with van der Waals surface area (Å²) in [7, 11) is -3.51. The number of morpholine rings is 1. The van der Waals surface area contributed by atoms with Gasteiger partial charge in [0, 0.05) is 19.6 Å². The van der Waals surface area contributed by atoms with Crippen molar-refractivity contribution >= 4 is 10.0 Å². The zero-order chi connectivity index (χ0) is 21.5. The molecule has 4 rings (SSSR count). The lowest BCUT2D eigenvalue weighted by atomic mass is 10.1. The van der Waals surface area contributed by atoms with Crippen molar-refractivity contribution < 1.29 is 13.2 Å². The van der Waals surface area contributed by atoms with E-state index in [0.717, 1.165) is 37.2 Å². The minimum absolute atomic E-state index is 0.0785. The number of benzene rings is 3. The highest BCUT2D eigenvalue weighted by molar-refractivity contribution is 7.89. The molecule has 5 nitrogen and oxygen atoms in total. The van der Waals surface area contributed by atoms with E-state index in [0.29, 0.717) is 18.0 Å². The van der Waals surface area contributed by atoms with Crippen LogP contribution in [-0.4, -0.2) is 46.1 Å². The first-order chi connectivity index (χ1) is 15.1. The summed E-state index contributed by atoms with van der Waals surface area (Å²) in [5.74, 6) is 0. The van der Waals surface area contributed by atoms with Gasteiger partial charge in [-0.3, -0.25) is 4.90 Å². The highest BCUT2D eigenvalue weighted by Crippen LogP contribution is 2.22. The van der Waals surface area contributed by atoms with Crippen molar-refractivity contribution in [2.24, 2.45) is 0 Å². The molecule has 0 amide bonds. The molecule has 0 bridgehead atoms. The monoisotopic (exact) mass is 436 g/mol. The maximum atomic E-state index is 12.6. The third-order valence-corrected chi connectivity index (χ3v) is 7.01. The maximum Gasteiger partial charge on any atom is 0.240 e. The van der Waals surface area contributed by atoms with Gasteiger partial charge in [-0.2, -0.15) is 0 Å². The second-order valence-electron chi connectivity index (χ2n) is 7.71. The van der Waals surface area contributed by atoms with E-state index in [-0.39, 0.29) is 6.10 Å². The summed E-state index contributed by atoms with van der Waals surface area (Å²) in [5, 5.41) is 0. The summed E-state index contributed by atoms with van der Waals surface area (Å²) in [6.45, 7) is 3.64. The topological polar surface area (TPSA) is 58.6 Å². The Kier molecular flexibility index (Phi) is 7.14. The fourth-order valence-electron chi connectivity index (χ4n) is 3.82. The summed E-state index contributed by atoms with van der Waals surface area (Å²) in [4.78, 5) is 2.63. The Hall–Kier alpha value is -2.51. The molecule has 1 aliphatic heterocycles. The Morgan fingerprint density at radius 2 is 1.52 bits per heavy atom. The van der Waals surface area contributed by atoms with Crippen LogP contribution in [-0.2, 0) is 14.8 Å². The van der Waals surface area contributed by atoms with Crippen LogP contribution in [0, 0.1) is 0 Å². The van der Waals surface area contributed by atoms with Crippen LogP contribution in [0.15, 0.2) is 89.8 Å². The number of nitrogens with zero attached hydrogens (tertiary/aromatic N) is 1. The molecule has 162 valence electrons. The molecule has 1 unspecified atom stereocenters. The zero-order valence-electron chi connectivity index (χ0n) is 17.5. The van der Waals surface area contributed by atoms with E-state index in [4.69, 9.17) is 4.74 Å². The molecule has 1 saturated heterocycles. The number of hydrogen-bond acceptors (Lipinski definition) is 4. The van der Waals surface area contributed by atoms with Gasteiger partial charge in [-0.25, -0.2) is 13.1 Å². The normalized spacial score (nSPS) is 17.5. The minimum atomic E-state index is -3.51. The van der Waals surface area contributed by atoms with Gasteiger partial charge < -0.3 is 4.74 Å². The first kappa shape index (κ1) is 21.7. The SMILES string of the molecule is O=S(=O)(NCCCN1CCOC(c2ccccc2)C1)c1ccc(-c2ccccc2)cc1. The Morgan fingerprint density at radius 3 is 2.23 bits per heavy atom. The van der Waals surface area contributed by atoms with Crippen molar-refractivity contribution in [3.05, 3.63) is 90.5 Å². The van der Waals surface area contributed by atoms with E-state index in [2.05, 4.69) is 21.8 Å². The van der Waals surface area contributed by atoms with Crippen LogP contribution in [0.2, 0.25) is 0 Å². The van der Waals surface area contributed by atoms with E-state index in [1.54, 1.807) is 12.1 Å². The van der Waals surface area contributed by atoms with Crippen LogP contribution in [0.3, 0.4) is 0 Å². The fourth-order valence-corrected chi connectivity index (χ4v) is 4.90. The standard InChI is InChI=1S/C25H28N2O3S/c28-31(29,24-14-12-22(13-15-24)21-8-3-1-4-9-21)26-16-7-17-27-18-19-30-25(20-27)23-10-5-2-6-11-23/h1-6,8-15,25-26H,7,16-20H2. The lowest BCUT2D eigenvalue weighted by molar-refractivity contribution is -0.0300. The van der Waals surface area contributed by atoms with Crippen molar-refractivity contribution in [3.63, 3.8) is 0 Å². The molecule has 0 saturated carbocycles. The van der Waals surface area contributed by atoms with Gasteiger partial charge in [0.15, 0.2) is 0 Å². The third-order valence-electron chi connectivity index (χ3n) is 5.54. The van der Waals surface area contributed by atoms with Crippen LogP contribution in [0.1, 0.15) is 18.1 Å². The van der Waals surface area contributed by atoms with Gasteiger partial charge >= 0.3 is 0 Å². The average Bonchev–Trinajstić information content (AvgIpc) is 2.83. The lowest BCUT2D eigenvalue weighted by Crippen LogP contribution is -2.39. The van der Waals surface area contributed by atoms with Crippen molar-refractivity contribution in [2.45, 2.75) is 17.4 Å². The van der Waals surface area contributed by atoms with Crippen molar-refractivity contribution in [1.82, 2.24) is 9.62 Å². The summed E-state index contributed by atoms with van der Waals surface area (Å²) in [6.07, 6.45) is 0.831. The predicted molar refractivity (Wildman–Crippen MR) is 123 cm³/mol. The van der Waals surface area contributed by atoms with Crippen molar-refractivity contribution in [1.29, 1.82) is 0 Å². The third kappa shape index (κ3) is 5.80. The first-order valence-corrected chi connectivity index (χ1v) is 12.1. The molecule has 0 aliphatic carbocycles. The second-order valence-corrected chi connectivity index (χ2v) is 9.48. The van der Waals surface area contributed by atoms with Crippen LogP contribution in [0.5, 0.6) is 0 Å². The Bertz CT molecular complexity index is 1050. The van der Waals surface area contributed by atoms with E-state index in [1.165, 1.54) is 5.56 Å². The zero-order valence-corrected chi connectivity index (χ0v) is 18.3. The van der Waals surface area contributed by atoms with Crippen LogP contribution >= 0.6 is 0 Å². The van der Waals surface area contributed by atoms with Crippen molar-refractivity contribution in [3.8, 4) is 11.1 Å². The van der Waals surface area contributed by atoms with Crippen LogP contribution < -0.4 is 4.72 Å². The highest BCUT2D eigenvalue weighted by Gasteiger charge is 2.21. The number of nitrogens with one attached hydrogen (secondary N) is 1. The van der Waals surface area contributed by atoms with Gasteiger partial charge in [0.2, 0.25) is 10.0 Å². The highest BCUT2D eigenvalue weighted by atomic mass is 32.2. The van der Waals surface area contributed by atoms with Crippen LogP contribution in [0.25, 0.3) is 11.1 Å². The molecule has 3 aromatic carbocycles. The quantitative estimate of drug-likeness (QED) is 0.540. The van der Waals surface area contributed by atoms with Gasteiger partial charge in [0.05, 0.1) is 17.6 Å². The van der Waals surface area contributed by atoms with E-state index >= 15 is 0 Å². The van der Waals surface area contributed by atoms with E-state index in [1.807, 2.05) is 60.7 Å². The predicted octanol–water partition coefficient (Wildman–Crippen LogP) is 4.10. The number of ether oxygens (including phenoxy) is 1. The number of sulfonamides is 1. The first-order valence-electron chi connectivity index (χ1n) is 10.7. The molecule has 31 heavy (non-hydrogen) atoms. The van der Waals surface area contributed by atoms with E-state index < -0.39 is 10.0 Å². The molecule has 0 radical (unpaired) electrons. The maximum absolute atomic E-state index is 12.6. The average molecular weight is 437 g/mol. The van der Waals surface area contributed by atoms with Crippen molar-refractivity contribution in [2.75, 3.05) is 32.8 Å². The Labute approximate surface area is 184 Å².